The molecule has 0 bridgehead atoms. The maximum absolute atomic E-state index is 13.8. The molecule has 1 aliphatic carbocycles. The third-order valence-electron chi connectivity index (χ3n) is 8.51. The summed E-state index contributed by atoms with van der Waals surface area (Å²) >= 11 is 0. The highest BCUT2D eigenvalue weighted by Gasteiger charge is 2.36. The van der Waals surface area contributed by atoms with Crippen molar-refractivity contribution in [1.29, 1.82) is 0 Å². The van der Waals surface area contributed by atoms with Crippen molar-refractivity contribution in [2.75, 3.05) is 30.5 Å². The summed E-state index contributed by atoms with van der Waals surface area (Å²) in [6.07, 6.45) is 3.91. The zero-order valence-corrected chi connectivity index (χ0v) is 24.9. The van der Waals surface area contributed by atoms with Gasteiger partial charge in [0.25, 0.3) is 0 Å². The van der Waals surface area contributed by atoms with Crippen molar-refractivity contribution in [2.24, 2.45) is 17.6 Å². The molecule has 2 amide bonds. The van der Waals surface area contributed by atoms with Gasteiger partial charge in [0.15, 0.2) is 11.5 Å². The summed E-state index contributed by atoms with van der Waals surface area (Å²) in [5.74, 6) is 1.72. The molecule has 2 aliphatic rings. The van der Waals surface area contributed by atoms with Crippen LogP contribution in [-0.4, -0.2) is 43.7 Å². The van der Waals surface area contributed by atoms with Gasteiger partial charge in [-0.2, -0.15) is 0 Å². The number of benzene rings is 3. The van der Waals surface area contributed by atoms with Gasteiger partial charge in [0.1, 0.15) is 5.75 Å². The zero-order valence-electron chi connectivity index (χ0n) is 24.9. The molecule has 3 aromatic carbocycles. The van der Waals surface area contributed by atoms with Crippen LogP contribution in [0.1, 0.15) is 62.3 Å². The second-order valence-electron chi connectivity index (χ2n) is 11.8. The average molecular weight is 572 g/mol. The number of aromatic hydroxyl groups is 1. The molecule has 8 nitrogen and oxygen atoms in total. The van der Waals surface area contributed by atoms with E-state index in [0.29, 0.717) is 17.4 Å². The van der Waals surface area contributed by atoms with Gasteiger partial charge in [-0.3, -0.25) is 9.59 Å². The molecule has 1 saturated carbocycles. The number of ether oxygens (including phenoxy) is 2. The van der Waals surface area contributed by atoms with Crippen LogP contribution in [-0.2, 0) is 16.0 Å². The SMILES string of the molecule is COc1cc2c(cc1OC(C)C)[C@H](c1ccc(O)cc1)N(c1ccc(N(C)CC3CCC(C(N)=O)CC3)cc1)C(=O)C2. The molecule has 0 aromatic heterocycles. The van der Waals surface area contributed by atoms with Crippen LogP contribution in [0.2, 0.25) is 0 Å². The van der Waals surface area contributed by atoms with E-state index in [1.54, 1.807) is 19.2 Å². The highest BCUT2D eigenvalue weighted by atomic mass is 16.5. The number of anilines is 2. The first kappa shape index (κ1) is 29.3. The molecule has 0 radical (unpaired) electrons. The summed E-state index contributed by atoms with van der Waals surface area (Å²) in [5, 5.41) is 9.99. The van der Waals surface area contributed by atoms with E-state index in [4.69, 9.17) is 15.2 Å². The van der Waals surface area contributed by atoms with Crippen LogP contribution >= 0.6 is 0 Å². The van der Waals surface area contributed by atoms with Crippen molar-refractivity contribution >= 4 is 23.2 Å². The molecular weight excluding hydrogens is 530 g/mol. The van der Waals surface area contributed by atoms with Crippen LogP contribution in [0, 0.1) is 11.8 Å². The molecule has 222 valence electrons. The molecule has 3 aromatic rings. The maximum Gasteiger partial charge on any atom is 0.232 e. The number of primary amides is 1. The Morgan fingerprint density at radius 2 is 1.69 bits per heavy atom. The zero-order chi connectivity index (χ0) is 30.0. The molecular formula is C34H41N3O5. The lowest BCUT2D eigenvalue weighted by Crippen LogP contribution is -2.41. The smallest absolute Gasteiger partial charge is 0.232 e. The van der Waals surface area contributed by atoms with Gasteiger partial charge in [-0.1, -0.05) is 12.1 Å². The fraction of sp³-hybridized carbons (Fsp3) is 0.412. The number of phenols is 1. The Labute approximate surface area is 248 Å². The highest BCUT2D eigenvalue weighted by Crippen LogP contribution is 2.44. The number of rotatable bonds is 9. The minimum absolute atomic E-state index is 0.00804. The first-order valence-corrected chi connectivity index (χ1v) is 14.7. The Hall–Kier alpha value is -4.20. The molecule has 5 rings (SSSR count). The summed E-state index contributed by atoms with van der Waals surface area (Å²) in [6, 6.07) is 18.6. The Kier molecular flexibility index (Phi) is 8.61. The van der Waals surface area contributed by atoms with Crippen molar-refractivity contribution in [1.82, 2.24) is 0 Å². The Morgan fingerprint density at radius 3 is 2.29 bits per heavy atom. The fourth-order valence-electron chi connectivity index (χ4n) is 6.33. The van der Waals surface area contributed by atoms with E-state index in [1.807, 2.05) is 55.1 Å². The van der Waals surface area contributed by atoms with Crippen LogP contribution < -0.4 is 25.0 Å². The number of carbonyl (C=O) groups excluding carboxylic acids is 2. The highest BCUT2D eigenvalue weighted by molar-refractivity contribution is 5.98. The standard InChI is InChI=1S/C34H41N3O5/c1-21(2)42-31-19-29-25(17-30(31)41-4)18-32(39)37(33(29)23-9-15-28(38)16-10-23)27-13-11-26(12-14-27)36(3)20-22-5-7-24(8-6-22)34(35)40/h9-17,19,21-22,24,33,38H,5-8,18,20H2,1-4H3,(H2,35,40)/t22?,24?,33-/m0/s1. The van der Waals surface area contributed by atoms with Gasteiger partial charge in [0.05, 0.1) is 25.7 Å². The van der Waals surface area contributed by atoms with Crippen molar-refractivity contribution in [3.8, 4) is 17.2 Å². The van der Waals surface area contributed by atoms with E-state index >= 15 is 0 Å². The van der Waals surface area contributed by atoms with E-state index in [9.17, 15) is 14.7 Å². The molecule has 1 atom stereocenters. The molecule has 0 unspecified atom stereocenters. The molecule has 8 heteroatoms. The number of hydrogen-bond acceptors (Lipinski definition) is 6. The minimum atomic E-state index is -0.411. The summed E-state index contributed by atoms with van der Waals surface area (Å²) in [4.78, 5) is 29.4. The fourth-order valence-corrected chi connectivity index (χ4v) is 6.33. The third kappa shape index (κ3) is 6.17. The Balaban J connectivity index is 1.44. The first-order chi connectivity index (χ1) is 20.1. The molecule has 1 heterocycles. The normalized spacial score (nSPS) is 20.3. The van der Waals surface area contributed by atoms with Gasteiger partial charge in [-0.25, -0.2) is 0 Å². The van der Waals surface area contributed by atoms with Crippen molar-refractivity contribution in [3.63, 3.8) is 0 Å². The predicted molar refractivity (Wildman–Crippen MR) is 164 cm³/mol. The number of amides is 2. The monoisotopic (exact) mass is 571 g/mol. The van der Waals surface area contributed by atoms with Crippen molar-refractivity contribution in [2.45, 2.75) is 58.1 Å². The number of fused-ring (bicyclic) bond motifs is 1. The summed E-state index contributed by atoms with van der Waals surface area (Å²) in [5.41, 5.74) is 10.1. The van der Waals surface area contributed by atoms with E-state index < -0.39 is 6.04 Å². The molecule has 3 N–H and O–H groups in total. The quantitative estimate of drug-likeness (QED) is 0.347. The number of phenolic OH excluding ortho intramolecular Hbond substituents is 1. The average Bonchev–Trinajstić information content (AvgIpc) is 2.97. The lowest BCUT2D eigenvalue weighted by Gasteiger charge is -2.38. The summed E-state index contributed by atoms with van der Waals surface area (Å²) in [7, 11) is 3.69. The van der Waals surface area contributed by atoms with E-state index in [0.717, 1.165) is 60.3 Å². The van der Waals surface area contributed by atoms with Gasteiger partial charge in [0, 0.05) is 30.9 Å². The number of hydrogen-bond donors (Lipinski definition) is 2. The largest absolute Gasteiger partial charge is 0.508 e. The van der Waals surface area contributed by atoms with E-state index in [1.165, 1.54) is 0 Å². The number of nitrogens with two attached hydrogens (primary N) is 1. The molecule has 42 heavy (non-hydrogen) atoms. The number of carbonyl (C=O) groups is 2. The minimum Gasteiger partial charge on any atom is -0.508 e. The number of nitrogens with zero attached hydrogens (tertiary/aromatic N) is 2. The van der Waals surface area contributed by atoms with Crippen LogP contribution in [0.5, 0.6) is 17.2 Å². The van der Waals surface area contributed by atoms with Crippen LogP contribution in [0.4, 0.5) is 11.4 Å². The van der Waals surface area contributed by atoms with Crippen molar-refractivity contribution in [3.05, 3.63) is 77.4 Å². The van der Waals surface area contributed by atoms with Gasteiger partial charge in [-0.15, -0.1) is 0 Å². The molecule has 1 fully saturated rings. The van der Waals surface area contributed by atoms with Gasteiger partial charge in [-0.05, 0) is 111 Å². The van der Waals surface area contributed by atoms with E-state index in [2.05, 4.69) is 24.1 Å². The molecule has 0 spiro atoms. The maximum atomic E-state index is 13.8. The van der Waals surface area contributed by atoms with Crippen molar-refractivity contribution < 1.29 is 24.2 Å². The predicted octanol–water partition coefficient (Wildman–Crippen LogP) is 5.59. The molecule has 1 aliphatic heterocycles. The lowest BCUT2D eigenvalue weighted by molar-refractivity contribution is -0.123. The van der Waals surface area contributed by atoms with Crippen LogP contribution in [0.3, 0.4) is 0 Å². The van der Waals surface area contributed by atoms with Crippen LogP contribution in [0.25, 0.3) is 0 Å². The second kappa shape index (κ2) is 12.3. The molecule has 0 saturated heterocycles. The Morgan fingerprint density at radius 1 is 1.02 bits per heavy atom. The first-order valence-electron chi connectivity index (χ1n) is 14.7. The summed E-state index contributed by atoms with van der Waals surface area (Å²) in [6.45, 7) is 4.84. The third-order valence-corrected chi connectivity index (χ3v) is 8.51. The Bertz CT molecular complexity index is 1410. The van der Waals surface area contributed by atoms with Gasteiger partial charge < -0.3 is 30.1 Å². The number of methoxy groups -OCH3 is 1. The lowest BCUT2D eigenvalue weighted by atomic mass is 9.81. The van der Waals surface area contributed by atoms with E-state index in [-0.39, 0.29) is 36.0 Å². The van der Waals surface area contributed by atoms with Gasteiger partial charge in [0.2, 0.25) is 11.8 Å². The van der Waals surface area contributed by atoms with Gasteiger partial charge >= 0.3 is 0 Å². The second-order valence-corrected chi connectivity index (χ2v) is 11.8. The summed E-state index contributed by atoms with van der Waals surface area (Å²) < 4.78 is 11.7. The van der Waals surface area contributed by atoms with Crippen LogP contribution in [0.15, 0.2) is 60.7 Å². The topological polar surface area (TPSA) is 105 Å².